The molecule has 0 saturated heterocycles. The lowest BCUT2D eigenvalue weighted by Crippen LogP contribution is -2.06. The Kier molecular flexibility index (Phi) is 4.55. The number of hydrogen-bond acceptors (Lipinski definition) is 4. The van der Waals surface area contributed by atoms with Crippen molar-refractivity contribution >= 4 is 10.9 Å². The van der Waals surface area contributed by atoms with E-state index in [1.807, 2.05) is 19.1 Å². The van der Waals surface area contributed by atoms with Gasteiger partial charge in [0.15, 0.2) is 0 Å². The average Bonchev–Trinajstić information content (AvgIpc) is 2.39. The molecule has 0 aliphatic carbocycles. The van der Waals surface area contributed by atoms with Crippen molar-refractivity contribution in [2.45, 2.75) is 39.5 Å². The fourth-order valence-electron chi connectivity index (χ4n) is 1.92. The maximum Gasteiger partial charge on any atom is 0.397 e. The minimum absolute atomic E-state index is 0.0675. The number of hydrogen-bond donors (Lipinski definition) is 0. The van der Waals surface area contributed by atoms with Crippen molar-refractivity contribution in [3.05, 3.63) is 34.2 Å². The summed E-state index contributed by atoms with van der Waals surface area (Å²) in [5.74, 6) is 0. The molecule has 102 valence electrons. The molecule has 1 heterocycles. The number of rotatable bonds is 6. The van der Waals surface area contributed by atoms with Gasteiger partial charge in [-0.1, -0.05) is 37.8 Å². The second-order valence-corrected chi connectivity index (χ2v) is 4.70. The van der Waals surface area contributed by atoms with Gasteiger partial charge in [-0.2, -0.15) is 4.98 Å². The van der Waals surface area contributed by atoms with Crippen LogP contribution in [0.1, 0.15) is 38.2 Å². The summed E-state index contributed by atoms with van der Waals surface area (Å²) in [5.41, 5.74) is 1.23. The van der Waals surface area contributed by atoms with Crippen LogP contribution in [0.2, 0.25) is 0 Å². The third kappa shape index (κ3) is 3.56. The third-order valence-electron chi connectivity index (χ3n) is 2.99. The first kappa shape index (κ1) is 13.6. The van der Waals surface area contributed by atoms with E-state index in [2.05, 4.69) is 11.9 Å². The van der Waals surface area contributed by atoms with Crippen LogP contribution >= 0.6 is 0 Å². The van der Waals surface area contributed by atoms with Crippen molar-refractivity contribution < 1.29 is 9.15 Å². The molecule has 0 fully saturated rings. The number of aromatic nitrogens is 1. The molecule has 0 unspecified atom stereocenters. The van der Waals surface area contributed by atoms with Gasteiger partial charge in [0.1, 0.15) is 0 Å². The van der Waals surface area contributed by atoms with Crippen LogP contribution in [0.3, 0.4) is 0 Å². The van der Waals surface area contributed by atoms with Crippen LogP contribution in [0.4, 0.5) is 0 Å². The lowest BCUT2D eigenvalue weighted by Gasteiger charge is -2.04. The molecular weight excluding hydrogens is 242 g/mol. The molecule has 2 rings (SSSR count). The molecule has 2 aromatic rings. The Balaban J connectivity index is 2.08. The first-order valence-electron chi connectivity index (χ1n) is 6.75. The smallest absolute Gasteiger partial charge is 0.397 e. The van der Waals surface area contributed by atoms with Crippen LogP contribution in [0.15, 0.2) is 27.4 Å². The number of fused-ring (bicyclic) bond motifs is 1. The number of nitrogens with zero attached hydrogens (tertiary/aromatic N) is 1. The Hall–Kier alpha value is -1.84. The van der Waals surface area contributed by atoms with Crippen molar-refractivity contribution in [1.29, 1.82) is 0 Å². The van der Waals surface area contributed by atoms with Crippen molar-refractivity contribution in [2.75, 3.05) is 6.61 Å². The predicted molar refractivity (Wildman–Crippen MR) is 74.7 cm³/mol. The summed E-state index contributed by atoms with van der Waals surface area (Å²) < 4.78 is 10.5. The van der Waals surface area contributed by atoms with Gasteiger partial charge in [0.05, 0.1) is 17.5 Å². The molecule has 1 aromatic heterocycles. The summed E-state index contributed by atoms with van der Waals surface area (Å²) in [6, 6.07) is 5.50. The highest BCUT2D eigenvalue weighted by Crippen LogP contribution is 2.14. The van der Waals surface area contributed by atoms with Gasteiger partial charge in [0.2, 0.25) is 0 Å². The summed E-state index contributed by atoms with van der Waals surface area (Å²) in [5, 5.41) is 0.498. The molecule has 0 aliphatic rings. The molecule has 0 saturated carbocycles. The van der Waals surface area contributed by atoms with Crippen LogP contribution in [0, 0.1) is 6.92 Å². The standard InChI is InChI=1S/C15H19NO3/c1-3-4-5-6-9-18-15-16-13-8-7-11(2)10-12(13)14(17)19-15/h7-8,10H,3-6,9H2,1-2H3. The van der Waals surface area contributed by atoms with E-state index in [1.165, 1.54) is 12.8 Å². The minimum Gasteiger partial charge on any atom is -0.450 e. The maximum absolute atomic E-state index is 11.8. The Morgan fingerprint density at radius 3 is 2.89 bits per heavy atom. The largest absolute Gasteiger partial charge is 0.450 e. The van der Waals surface area contributed by atoms with Gasteiger partial charge in [0.25, 0.3) is 0 Å². The molecule has 0 radical (unpaired) electrons. The van der Waals surface area contributed by atoms with E-state index in [4.69, 9.17) is 9.15 Å². The van der Waals surface area contributed by atoms with E-state index < -0.39 is 5.63 Å². The number of unbranched alkanes of at least 4 members (excludes halogenated alkanes) is 3. The fraction of sp³-hybridized carbons (Fsp3) is 0.467. The highest BCUT2D eigenvalue weighted by molar-refractivity contribution is 5.77. The normalized spacial score (nSPS) is 10.8. The van der Waals surface area contributed by atoms with Gasteiger partial charge < -0.3 is 9.15 Å². The van der Waals surface area contributed by atoms with Gasteiger partial charge in [-0.25, -0.2) is 4.79 Å². The van der Waals surface area contributed by atoms with Gasteiger partial charge in [0, 0.05) is 0 Å². The Morgan fingerprint density at radius 2 is 2.11 bits per heavy atom. The van der Waals surface area contributed by atoms with E-state index in [1.54, 1.807) is 6.07 Å². The van der Waals surface area contributed by atoms with E-state index in [-0.39, 0.29) is 6.08 Å². The van der Waals surface area contributed by atoms with E-state index in [0.29, 0.717) is 17.5 Å². The van der Waals surface area contributed by atoms with Crippen LogP contribution in [0.5, 0.6) is 6.08 Å². The zero-order valence-electron chi connectivity index (χ0n) is 11.4. The molecule has 4 nitrogen and oxygen atoms in total. The van der Waals surface area contributed by atoms with Gasteiger partial charge in [-0.3, -0.25) is 0 Å². The Labute approximate surface area is 112 Å². The van der Waals surface area contributed by atoms with Crippen molar-refractivity contribution in [3.8, 4) is 6.08 Å². The second-order valence-electron chi connectivity index (χ2n) is 4.70. The predicted octanol–water partition coefficient (Wildman–Crippen LogP) is 3.46. The van der Waals surface area contributed by atoms with Crippen LogP contribution in [0.25, 0.3) is 10.9 Å². The molecule has 19 heavy (non-hydrogen) atoms. The summed E-state index contributed by atoms with van der Waals surface area (Å²) in [6.07, 6.45) is 4.51. The summed E-state index contributed by atoms with van der Waals surface area (Å²) in [6.45, 7) is 4.62. The Morgan fingerprint density at radius 1 is 1.26 bits per heavy atom. The third-order valence-corrected chi connectivity index (χ3v) is 2.99. The van der Waals surface area contributed by atoms with E-state index in [0.717, 1.165) is 18.4 Å². The zero-order chi connectivity index (χ0) is 13.7. The van der Waals surface area contributed by atoms with E-state index >= 15 is 0 Å². The number of aryl methyl sites for hydroxylation is 1. The molecule has 0 N–H and O–H groups in total. The van der Waals surface area contributed by atoms with Crippen molar-refractivity contribution in [3.63, 3.8) is 0 Å². The topological polar surface area (TPSA) is 52.3 Å². The summed E-state index contributed by atoms with van der Waals surface area (Å²) in [7, 11) is 0. The molecule has 0 aliphatic heterocycles. The van der Waals surface area contributed by atoms with E-state index in [9.17, 15) is 4.79 Å². The Bertz CT molecular complexity index is 604. The number of benzene rings is 1. The summed E-state index contributed by atoms with van der Waals surface area (Å²) in [4.78, 5) is 16.0. The van der Waals surface area contributed by atoms with Crippen LogP contribution in [-0.4, -0.2) is 11.6 Å². The van der Waals surface area contributed by atoms with Gasteiger partial charge in [-0.15, -0.1) is 0 Å². The monoisotopic (exact) mass is 261 g/mol. The summed E-state index contributed by atoms with van der Waals surface area (Å²) >= 11 is 0. The maximum atomic E-state index is 11.8. The second kappa shape index (κ2) is 6.36. The van der Waals surface area contributed by atoms with Crippen molar-refractivity contribution in [1.82, 2.24) is 4.98 Å². The molecule has 4 heteroatoms. The molecule has 0 spiro atoms. The quantitative estimate of drug-likeness (QED) is 0.747. The average molecular weight is 261 g/mol. The molecule has 1 aromatic carbocycles. The molecule has 0 amide bonds. The lowest BCUT2D eigenvalue weighted by atomic mass is 10.2. The van der Waals surface area contributed by atoms with Crippen LogP contribution in [-0.2, 0) is 0 Å². The van der Waals surface area contributed by atoms with Crippen LogP contribution < -0.4 is 10.4 Å². The lowest BCUT2D eigenvalue weighted by molar-refractivity contribution is 0.211. The highest BCUT2D eigenvalue weighted by atomic mass is 16.6. The minimum atomic E-state index is -0.391. The van der Waals surface area contributed by atoms with Gasteiger partial charge >= 0.3 is 11.7 Å². The van der Waals surface area contributed by atoms with Crippen molar-refractivity contribution in [2.24, 2.45) is 0 Å². The molecular formula is C15H19NO3. The number of ether oxygens (including phenoxy) is 1. The highest BCUT2D eigenvalue weighted by Gasteiger charge is 2.07. The fourth-order valence-corrected chi connectivity index (χ4v) is 1.92. The van der Waals surface area contributed by atoms with Gasteiger partial charge in [-0.05, 0) is 25.5 Å². The molecule has 0 atom stereocenters. The zero-order valence-corrected chi connectivity index (χ0v) is 11.4. The SMILES string of the molecule is CCCCCCOc1nc2ccc(C)cc2c(=O)o1. The first-order chi connectivity index (χ1) is 9.20. The first-order valence-corrected chi connectivity index (χ1v) is 6.75. The molecule has 0 bridgehead atoms.